The van der Waals surface area contributed by atoms with Crippen LogP contribution in [-0.4, -0.2) is 32.8 Å². The highest BCUT2D eigenvalue weighted by atomic mass is 16.5. The van der Waals surface area contributed by atoms with Gasteiger partial charge in [0.25, 0.3) is 0 Å². The van der Waals surface area contributed by atoms with Crippen LogP contribution in [0.3, 0.4) is 0 Å². The minimum absolute atomic E-state index is 0.789. The lowest BCUT2D eigenvalue weighted by molar-refractivity contribution is 0.317. The van der Waals surface area contributed by atoms with Crippen LogP contribution in [0.15, 0.2) is 24.3 Å². The number of hydrogen-bond donors (Lipinski definition) is 1. The van der Waals surface area contributed by atoms with Gasteiger partial charge in [0, 0.05) is 18.8 Å². The fraction of sp³-hybridized carbons (Fsp3) is 0.647. The Labute approximate surface area is 123 Å². The van der Waals surface area contributed by atoms with Crippen molar-refractivity contribution in [2.24, 2.45) is 5.92 Å². The fourth-order valence-corrected chi connectivity index (χ4v) is 2.69. The van der Waals surface area contributed by atoms with Crippen molar-refractivity contribution in [3.8, 4) is 5.75 Å². The van der Waals surface area contributed by atoms with Gasteiger partial charge in [0.1, 0.15) is 5.75 Å². The first kappa shape index (κ1) is 15.2. The number of nitrogens with zero attached hydrogens (tertiary/aromatic N) is 1. The number of rotatable bonds is 8. The molecule has 1 heterocycles. The largest absolute Gasteiger partial charge is 0.494 e. The highest BCUT2D eigenvalue weighted by molar-refractivity contribution is 5.49. The topological polar surface area (TPSA) is 24.5 Å². The molecule has 1 N–H and O–H groups in total. The van der Waals surface area contributed by atoms with Crippen molar-refractivity contribution in [3.63, 3.8) is 0 Å². The molecule has 1 aliphatic rings. The van der Waals surface area contributed by atoms with Crippen LogP contribution in [0.1, 0.15) is 33.1 Å². The summed E-state index contributed by atoms with van der Waals surface area (Å²) in [7, 11) is 0. The van der Waals surface area contributed by atoms with Crippen molar-refractivity contribution in [2.45, 2.75) is 33.1 Å². The average Bonchev–Trinajstić information content (AvgIpc) is 2.95. The second-order valence-electron chi connectivity index (χ2n) is 5.65. The van der Waals surface area contributed by atoms with Crippen molar-refractivity contribution in [2.75, 3.05) is 37.7 Å². The maximum atomic E-state index is 5.63. The zero-order valence-corrected chi connectivity index (χ0v) is 12.9. The number of benzene rings is 1. The maximum Gasteiger partial charge on any atom is 0.119 e. The molecule has 0 aliphatic carbocycles. The summed E-state index contributed by atoms with van der Waals surface area (Å²) in [6.07, 6.45) is 3.57. The predicted octanol–water partition coefficient (Wildman–Crippen LogP) is 3.30. The number of ether oxygens (including phenoxy) is 1. The van der Waals surface area contributed by atoms with Crippen LogP contribution >= 0.6 is 0 Å². The third-order valence-corrected chi connectivity index (χ3v) is 3.82. The van der Waals surface area contributed by atoms with E-state index in [1.807, 2.05) is 0 Å². The normalized spacial score (nSPS) is 18.5. The molecule has 0 saturated carbocycles. The van der Waals surface area contributed by atoms with Gasteiger partial charge in [0.2, 0.25) is 0 Å². The molecule has 3 heteroatoms. The molecule has 3 nitrogen and oxygen atoms in total. The highest BCUT2D eigenvalue weighted by Gasteiger charge is 2.22. The van der Waals surface area contributed by atoms with Crippen LogP contribution in [0.4, 0.5) is 5.69 Å². The van der Waals surface area contributed by atoms with Crippen LogP contribution in [0, 0.1) is 5.92 Å². The molecule has 0 spiro atoms. The second kappa shape index (κ2) is 8.15. The monoisotopic (exact) mass is 276 g/mol. The van der Waals surface area contributed by atoms with E-state index < -0.39 is 0 Å². The Kier molecular flexibility index (Phi) is 6.19. The van der Waals surface area contributed by atoms with E-state index in [1.54, 1.807) is 0 Å². The zero-order chi connectivity index (χ0) is 14.2. The van der Waals surface area contributed by atoms with Crippen LogP contribution in [0.5, 0.6) is 5.75 Å². The number of anilines is 1. The Morgan fingerprint density at radius 2 is 2.00 bits per heavy atom. The predicted molar refractivity (Wildman–Crippen MR) is 85.7 cm³/mol. The molecule has 0 aromatic heterocycles. The van der Waals surface area contributed by atoms with Gasteiger partial charge in [-0.1, -0.05) is 13.8 Å². The summed E-state index contributed by atoms with van der Waals surface area (Å²) in [6.45, 7) is 9.79. The second-order valence-corrected chi connectivity index (χ2v) is 5.65. The minimum Gasteiger partial charge on any atom is -0.494 e. The molecule has 2 rings (SSSR count). The molecule has 1 aromatic rings. The SMILES string of the molecule is CCCNCC1CCN(c2ccc(OCCC)cc2)C1. The van der Waals surface area contributed by atoms with E-state index in [4.69, 9.17) is 4.74 Å². The van der Waals surface area contributed by atoms with Gasteiger partial charge >= 0.3 is 0 Å². The molecule has 0 radical (unpaired) electrons. The van der Waals surface area contributed by atoms with Gasteiger partial charge in [-0.2, -0.15) is 0 Å². The molecule has 1 unspecified atom stereocenters. The van der Waals surface area contributed by atoms with Crippen LogP contribution in [-0.2, 0) is 0 Å². The van der Waals surface area contributed by atoms with Crippen LogP contribution in [0.2, 0.25) is 0 Å². The van der Waals surface area contributed by atoms with Crippen molar-refractivity contribution < 1.29 is 4.74 Å². The van der Waals surface area contributed by atoms with E-state index in [9.17, 15) is 0 Å². The Bertz CT molecular complexity index is 377. The lowest BCUT2D eigenvalue weighted by Gasteiger charge is -2.19. The number of hydrogen-bond acceptors (Lipinski definition) is 3. The standard InChI is InChI=1S/C17H28N2O/c1-3-10-18-13-15-9-11-19(14-15)16-5-7-17(8-6-16)20-12-4-2/h5-8,15,18H,3-4,9-14H2,1-2H3. The average molecular weight is 276 g/mol. The van der Waals surface area contributed by atoms with Gasteiger partial charge in [-0.15, -0.1) is 0 Å². The Hall–Kier alpha value is -1.22. The molecule has 1 atom stereocenters. The van der Waals surface area contributed by atoms with E-state index in [-0.39, 0.29) is 0 Å². The van der Waals surface area contributed by atoms with E-state index in [1.165, 1.54) is 31.6 Å². The first-order valence-corrected chi connectivity index (χ1v) is 8.02. The summed E-state index contributed by atoms with van der Waals surface area (Å²) < 4.78 is 5.63. The summed E-state index contributed by atoms with van der Waals surface area (Å²) in [6, 6.07) is 8.56. The molecular formula is C17H28N2O. The third kappa shape index (κ3) is 4.41. The van der Waals surface area contributed by atoms with Crippen molar-refractivity contribution in [1.82, 2.24) is 5.32 Å². The van der Waals surface area contributed by atoms with Gasteiger partial charge in [0.05, 0.1) is 6.61 Å². The first-order chi connectivity index (χ1) is 9.83. The third-order valence-electron chi connectivity index (χ3n) is 3.82. The molecule has 112 valence electrons. The van der Waals surface area contributed by atoms with Gasteiger partial charge in [0.15, 0.2) is 0 Å². The lowest BCUT2D eigenvalue weighted by atomic mass is 10.1. The zero-order valence-electron chi connectivity index (χ0n) is 12.9. The van der Waals surface area contributed by atoms with Crippen molar-refractivity contribution in [3.05, 3.63) is 24.3 Å². The summed E-state index contributed by atoms with van der Waals surface area (Å²) in [5.41, 5.74) is 1.33. The van der Waals surface area contributed by atoms with E-state index in [0.717, 1.165) is 37.8 Å². The minimum atomic E-state index is 0.789. The molecule has 1 fully saturated rings. The highest BCUT2D eigenvalue weighted by Crippen LogP contribution is 2.25. The molecule has 1 saturated heterocycles. The Balaban J connectivity index is 1.80. The van der Waals surface area contributed by atoms with Gasteiger partial charge in [-0.25, -0.2) is 0 Å². The van der Waals surface area contributed by atoms with Crippen molar-refractivity contribution in [1.29, 1.82) is 0 Å². The van der Waals surface area contributed by atoms with Gasteiger partial charge in [-0.3, -0.25) is 0 Å². The quantitative estimate of drug-likeness (QED) is 0.737. The van der Waals surface area contributed by atoms with Crippen LogP contribution < -0.4 is 15.0 Å². The summed E-state index contributed by atoms with van der Waals surface area (Å²) in [5, 5.41) is 3.53. The molecule has 1 aliphatic heterocycles. The summed E-state index contributed by atoms with van der Waals surface area (Å²) in [5.74, 6) is 1.77. The molecular weight excluding hydrogens is 248 g/mol. The maximum absolute atomic E-state index is 5.63. The summed E-state index contributed by atoms with van der Waals surface area (Å²) in [4.78, 5) is 2.49. The lowest BCUT2D eigenvalue weighted by Crippen LogP contribution is -2.26. The van der Waals surface area contributed by atoms with E-state index >= 15 is 0 Å². The van der Waals surface area contributed by atoms with Crippen molar-refractivity contribution >= 4 is 5.69 Å². The van der Waals surface area contributed by atoms with E-state index in [2.05, 4.69) is 48.3 Å². The van der Waals surface area contributed by atoms with Crippen LogP contribution in [0.25, 0.3) is 0 Å². The Morgan fingerprint density at radius 1 is 1.20 bits per heavy atom. The van der Waals surface area contributed by atoms with E-state index in [0.29, 0.717) is 0 Å². The smallest absolute Gasteiger partial charge is 0.119 e. The first-order valence-electron chi connectivity index (χ1n) is 8.02. The summed E-state index contributed by atoms with van der Waals surface area (Å²) >= 11 is 0. The molecule has 1 aromatic carbocycles. The van der Waals surface area contributed by atoms with Gasteiger partial charge in [-0.05, 0) is 62.5 Å². The number of nitrogens with one attached hydrogen (secondary N) is 1. The van der Waals surface area contributed by atoms with Gasteiger partial charge < -0.3 is 15.0 Å². The Morgan fingerprint density at radius 3 is 2.70 bits per heavy atom. The fourth-order valence-electron chi connectivity index (χ4n) is 2.69. The molecule has 20 heavy (non-hydrogen) atoms. The molecule has 0 amide bonds. The molecule has 0 bridgehead atoms.